The molecule has 2 aromatic rings. The number of unbranched alkanes of at least 4 members (excludes halogenated alkanes) is 6. The third-order valence-corrected chi connectivity index (χ3v) is 4.66. The maximum absolute atomic E-state index is 10.6. The monoisotopic (exact) mass is 385 g/mol. The second-order valence-electron chi connectivity index (χ2n) is 6.96. The summed E-state index contributed by atoms with van der Waals surface area (Å²) in [5.74, 6) is 1.43. The zero-order valence-electron chi connectivity index (χ0n) is 16.8. The van der Waals surface area contributed by atoms with Gasteiger partial charge in [0.2, 0.25) is 0 Å². The molecule has 0 spiro atoms. The number of non-ortho nitro benzene ring substituents is 1. The number of nitro groups is 1. The van der Waals surface area contributed by atoms with Crippen molar-refractivity contribution in [3.05, 3.63) is 64.2 Å². The molecule has 2 aromatic carbocycles. The van der Waals surface area contributed by atoms with Crippen LogP contribution < -0.4 is 9.47 Å². The van der Waals surface area contributed by atoms with E-state index in [2.05, 4.69) is 19.1 Å². The van der Waals surface area contributed by atoms with Crippen LogP contribution in [0.5, 0.6) is 11.5 Å². The van der Waals surface area contributed by atoms with Crippen molar-refractivity contribution in [1.82, 2.24) is 0 Å². The number of nitrogens with zero attached hydrogens (tertiary/aromatic N) is 1. The van der Waals surface area contributed by atoms with Gasteiger partial charge in [0.25, 0.3) is 5.69 Å². The zero-order chi connectivity index (χ0) is 20.0. The van der Waals surface area contributed by atoms with Crippen molar-refractivity contribution in [2.45, 2.75) is 58.3 Å². The maximum atomic E-state index is 10.6. The number of rotatable bonds is 14. The van der Waals surface area contributed by atoms with Crippen molar-refractivity contribution in [3.63, 3.8) is 0 Å². The van der Waals surface area contributed by atoms with E-state index in [4.69, 9.17) is 9.47 Å². The van der Waals surface area contributed by atoms with Gasteiger partial charge in [-0.3, -0.25) is 10.1 Å². The Morgan fingerprint density at radius 2 is 1.25 bits per heavy atom. The lowest BCUT2D eigenvalue weighted by molar-refractivity contribution is -0.384. The Hall–Kier alpha value is -2.56. The van der Waals surface area contributed by atoms with Crippen molar-refractivity contribution in [2.24, 2.45) is 0 Å². The predicted molar refractivity (Wildman–Crippen MR) is 112 cm³/mol. The lowest BCUT2D eigenvalue weighted by Gasteiger charge is -2.09. The van der Waals surface area contributed by atoms with Crippen LogP contribution in [0.15, 0.2) is 48.5 Å². The summed E-state index contributed by atoms with van der Waals surface area (Å²) in [7, 11) is 0. The fourth-order valence-corrected chi connectivity index (χ4v) is 3.02. The smallest absolute Gasteiger partial charge is 0.269 e. The normalized spacial score (nSPS) is 10.6. The molecule has 0 atom stereocenters. The predicted octanol–water partition coefficient (Wildman–Crippen LogP) is 6.35. The van der Waals surface area contributed by atoms with Crippen LogP contribution >= 0.6 is 0 Å². The number of nitro benzene ring substituents is 1. The Bertz CT molecular complexity index is 683. The Morgan fingerprint density at radius 3 is 1.79 bits per heavy atom. The van der Waals surface area contributed by atoms with Crippen molar-refractivity contribution >= 4 is 5.69 Å². The molecule has 0 fully saturated rings. The molecule has 0 saturated carbocycles. The molecule has 0 unspecified atom stereocenters. The summed E-state index contributed by atoms with van der Waals surface area (Å²) in [4.78, 5) is 10.2. The summed E-state index contributed by atoms with van der Waals surface area (Å²) in [6, 6.07) is 14.3. The number of hydrogen-bond acceptors (Lipinski definition) is 4. The number of hydrogen-bond donors (Lipinski definition) is 0. The van der Waals surface area contributed by atoms with Crippen LogP contribution in [0, 0.1) is 10.1 Å². The molecule has 0 saturated heterocycles. The second kappa shape index (κ2) is 12.8. The van der Waals surface area contributed by atoms with E-state index in [0.717, 1.165) is 12.2 Å². The summed E-state index contributed by atoms with van der Waals surface area (Å²) >= 11 is 0. The molecule has 5 nitrogen and oxygen atoms in total. The van der Waals surface area contributed by atoms with Gasteiger partial charge in [0.1, 0.15) is 24.7 Å². The van der Waals surface area contributed by atoms with E-state index in [1.807, 2.05) is 12.1 Å². The maximum Gasteiger partial charge on any atom is 0.269 e. The van der Waals surface area contributed by atoms with Crippen LogP contribution in [0.3, 0.4) is 0 Å². The average Bonchev–Trinajstić information content (AvgIpc) is 2.72. The van der Waals surface area contributed by atoms with Gasteiger partial charge in [-0.2, -0.15) is 0 Å². The summed E-state index contributed by atoms with van der Waals surface area (Å²) in [5, 5.41) is 10.6. The molecule has 0 aliphatic heterocycles. The molecule has 152 valence electrons. The number of benzene rings is 2. The first-order valence-corrected chi connectivity index (χ1v) is 10.3. The van der Waals surface area contributed by atoms with Crippen molar-refractivity contribution in [3.8, 4) is 11.5 Å². The minimum Gasteiger partial charge on any atom is -0.490 e. The highest BCUT2D eigenvalue weighted by molar-refractivity contribution is 5.36. The molecule has 0 N–H and O–H groups in total. The quantitative estimate of drug-likeness (QED) is 0.216. The fraction of sp³-hybridized carbons (Fsp3) is 0.478. The van der Waals surface area contributed by atoms with Crippen LogP contribution in [-0.2, 0) is 6.42 Å². The summed E-state index contributed by atoms with van der Waals surface area (Å²) in [6.07, 6.45) is 10.4. The second-order valence-corrected chi connectivity index (χ2v) is 6.96. The van der Waals surface area contributed by atoms with Gasteiger partial charge in [0.05, 0.1) is 4.92 Å². The summed E-state index contributed by atoms with van der Waals surface area (Å²) in [6.45, 7) is 3.06. The first-order valence-electron chi connectivity index (χ1n) is 10.3. The molecule has 0 aliphatic rings. The van der Waals surface area contributed by atoms with E-state index in [9.17, 15) is 10.1 Å². The van der Waals surface area contributed by atoms with Gasteiger partial charge in [-0.1, -0.05) is 57.6 Å². The van der Waals surface area contributed by atoms with E-state index in [1.54, 1.807) is 12.1 Å². The average molecular weight is 386 g/mol. The fourth-order valence-electron chi connectivity index (χ4n) is 3.02. The van der Waals surface area contributed by atoms with Gasteiger partial charge in [-0.05, 0) is 42.7 Å². The lowest BCUT2D eigenvalue weighted by Crippen LogP contribution is -2.09. The zero-order valence-corrected chi connectivity index (χ0v) is 16.8. The topological polar surface area (TPSA) is 61.6 Å². The van der Waals surface area contributed by atoms with E-state index in [0.29, 0.717) is 19.0 Å². The first kappa shape index (κ1) is 21.7. The lowest BCUT2D eigenvalue weighted by atomic mass is 10.0. The van der Waals surface area contributed by atoms with Crippen LogP contribution in [0.4, 0.5) is 5.69 Å². The van der Waals surface area contributed by atoms with Gasteiger partial charge in [-0.15, -0.1) is 0 Å². The van der Waals surface area contributed by atoms with Crippen molar-refractivity contribution in [2.75, 3.05) is 13.2 Å². The molecule has 0 radical (unpaired) electrons. The highest BCUT2D eigenvalue weighted by atomic mass is 16.6. The minimum absolute atomic E-state index is 0.0557. The molecular formula is C23H31NO4. The Kier molecular flexibility index (Phi) is 9.91. The third kappa shape index (κ3) is 8.42. The van der Waals surface area contributed by atoms with Crippen LogP contribution in [0.1, 0.15) is 57.4 Å². The summed E-state index contributed by atoms with van der Waals surface area (Å²) in [5.41, 5.74) is 1.41. The van der Waals surface area contributed by atoms with Crippen molar-refractivity contribution in [1.29, 1.82) is 0 Å². The molecule has 2 rings (SSSR count). The molecule has 5 heteroatoms. The highest BCUT2D eigenvalue weighted by Gasteiger charge is 2.04. The van der Waals surface area contributed by atoms with E-state index in [-0.39, 0.29) is 5.69 Å². The Morgan fingerprint density at radius 1 is 0.750 bits per heavy atom. The Labute approximate surface area is 167 Å². The molecule has 0 heterocycles. The number of aryl methyl sites for hydroxylation is 1. The molecule has 0 aromatic heterocycles. The Balaban J connectivity index is 1.58. The SMILES string of the molecule is CCCCCCCCCc1ccc(OCCOc2ccc([N+](=O)[O-])cc2)cc1. The molecule has 28 heavy (non-hydrogen) atoms. The molecule has 0 aliphatic carbocycles. The summed E-state index contributed by atoms with van der Waals surface area (Å²) < 4.78 is 11.2. The van der Waals surface area contributed by atoms with Gasteiger partial charge >= 0.3 is 0 Å². The van der Waals surface area contributed by atoms with Crippen LogP contribution in [0.25, 0.3) is 0 Å². The molecule has 0 bridgehead atoms. The highest BCUT2D eigenvalue weighted by Crippen LogP contribution is 2.18. The minimum atomic E-state index is -0.426. The first-order chi connectivity index (χ1) is 13.7. The molecule has 0 amide bonds. The molecular weight excluding hydrogens is 354 g/mol. The number of ether oxygens (including phenoxy) is 2. The van der Waals surface area contributed by atoms with Crippen LogP contribution in [-0.4, -0.2) is 18.1 Å². The largest absolute Gasteiger partial charge is 0.490 e. The van der Waals surface area contributed by atoms with E-state index in [1.165, 1.54) is 62.6 Å². The van der Waals surface area contributed by atoms with Gasteiger partial charge < -0.3 is 9.47 Å². The standard InChI is InChI=1S/C23H31NO4/c1-2-3-4-5-6-7-8-9-20-10-14-22(15-11-20)27-18-19-28-23-16-12-21(13-17-23)24(25)26/h10-17H,2-9,18-19H2,1H3. The van der Waals surface area contributed by atoms with Gasteiger partial charge in [-0.25, -0.2) is 0 Å². The third-order valence-electron chi connectivity index (χ3n) is 4.66. The van der Waals surface area contributed by atoms with Gasteiger partial charge in [0.15, 0.2) is 0 Å². The van der Waals surface area contributed by atoms with Crippen molar-refractivity contribution < 1.29 is 14.4 Å². The van der Waals surface area contributed by atoms with E-state index >= 15 is 0 Å². The van der Waals surface area contributed by atoms with E-state index < -0.39 is 4.92 Å². The van der Waals surface area contributed by atoms with Crippen LogP contribution in [0.2, 0.25) is 0 Å². The van der Waals surface area contributed by atoms with Gasteiger partial charge in [0, 0.05) is 12.1 Å².